The van der Waals surface area contributed by atoms with E-state index < -0.39 is 21.6 Å². The van der Waals surface area contributed by atoms with Crippen LogP contribution in [0.25, 0.3) is 0 Å². The Morgan fingerprint density at radius 2 is 1.62 bits per heavy atom. The summed E-state index contributed by atoms with van der Waals surface area (Å²) in [4.78, 5) is 26.1. The summed E-state index contributed by atoms with van der Waals surface area (Å²) in [5, 5.41) is 0. The molecule has 1 unspecified atom stereocenters. The maximum atomic E-state index is 11.3. The third kappa shape index (κ3) is 5.03. The normalized spacial score (nSPS) is 15.8. The van der Waals surface area contributed by atoms with Crippen LogP contribution >= 0.6 is 15.4 Å². The third-order valence-corrected chi connectivity index (χ3v) is 4.37. The first-order valence-corrected chi connectivity index (χ1v) is 7.61. The fraction of sp³-hybridized carbons (Fsp3) is 0.250. The van der Waals surface area contributed by atoms with Crippen LogP contribution in [0.2, 0.25) is 0 Å². The second kappa shape index (κ2) is 4.80. The van der Waals surface area contributed by atoms with Crippen LogP contribution in [0.1, 0.15) is 11.1 Å². The molecule has 0 bridgehead atoms. The largest absolute Gasteiger partial charge is 0.476 e. The fourth-order valence-corrected chi connectivity index (χ4v) is 3.35. The van der Waals surface area contributed by atoms with E-state index in [0.717, 1.165) is 5.56 Å². The molecule has 16 heavy (non-hydrogen) atoms. The Hall–Kier alpha value is -0.480. The Morgan fingerprint density at radius 3 is 2.06 bits per heavy atom. The molecule has 1 aromatic carbocycles. The van der Waals surface area contributed by atoms with Crippen molar-refractivity contribution in [1.82, 2.24) is 0 Å². The van der Waals surface area contributed by atoms with Gasteiger partial charge in [0.2, 0.25) is 0 Å². The van der Waals surface area contributed by atoms with E-state index in [2.05, 4.69) is 4.31 Å². The van der Waals surface area contributed by atoms with E-state index in [1.54, 1.807) is 24.3 Å². The first-order valence-electron chi connectivity index (χ1n) is 4.32. The quantitative estimate of drug-likeness (QED) is 0.717. The SMILES string of the molecule is Cc1ccc(CP(=O)(O)OP(=O)(O)O)cc1. The number of rotatable bonds is 4. The average molecular weight is 266 g/mol. The molecule has 0 aromatic heterocycles. The van der Waals surface area contributed by atoms with Gasteiger partial charge in [-0.1, -0.05) is 29.8 Å². The Balaban J connectivity index is 2.77. The highest BCUT2D eigenvalue weighted by molar-refractivity contribution is 7.63. The number of hydrogen-bond donors (Lipinski definition) is 3. The van der Waals surface area contributed by atoms with Gasteiger partial charge >= 0.3 is 15.4 Å². The molecule has 1 atom stereocenters. The van der Waals surface area contributed by atoms with Crippen molar-refractivity contribution in [2.75, 3.05) is 0 Å². The maximum Gasteiger partial charge on any atom is 0.476 e. The summed E-state index contributed by atoms with van der Waals surface area (Å²) in [6.45, 7) is 1.86. The van der Waals surface area contributed by atoms with Gasteiger partial charge in [0.15, 0.2) is 0 Å². The highest BCUT2D eigenvalue weighted by Gasteiger charge is 2.30. The van der Waals surface area contributed by atoms with Crippen molar-refractivity contribution in [2.24, 2.45) is 0 Å². The zero-order valence-electron chi connectivity index (χ0n) is 8.48. The Labute approximate surface area is 92.7 Å². The minimum absolute atomic E-state index is 0.432. The molecule has 0 radical (unpaired) electrons. The number of phosphoric acid groups is 1. The van der Waals surface area contributed by atoms with Crippen LogP contribution in [-0.4, -0.2) is 14.7 Å². The lowest BCUT2D eigenvalue weighted by Gasteiger charge is -2.12. The van der Waals surface area contributed by atoms with Gasteiger partial charge in [0.1, 0.15) is 0 Å². The van der Waals surface area contributed by atoms with Gasteiger partial charge in [0.25, 0.3) is 0 Å². The van der Waals surface area contributed by atoms with E-state index in [9.17, 15) is 14.0 Å². The smallest absolute Gasteiger partial charge is 0.324 e. The lowest BCUT2D eigenvalue weighted by molar-refractivity contribution is 0.263. The number of benzene rings is 1. The van der Waals surface area contributed by atoms with Crippen LogP contribution in [0.15, 0.2) is 24.3 Å². The lowest BCUT2D eigenvalue weighted by atomic mass is 10.2. The van der Waals surface area contributed by atoms with Crippen molar-refractivity contribution in [2.45, 2.75) is 13.1 Å². The minimum Gasteiger partial charge on any atom is -0.324 e. The van der Waals surface area contributed by atoms with Gasteiger partial charge in [-0.05, 0) is 12.5 Å². The summed E-state index contributed by atoms with van der Waals surface area (Å²) < 4.78 is 25.6. The molecule has 0 aliphatic heterocycles. The van der Waals surface area contributed by atoms with Gasteiger partial charge in [-0.15, -0.1) is 0 Å². The van der Waals surface area contributed by atoms with E-state index in [1.165, 1.54) is 0 Å². The van der Waals surface area contributed by atoms with E-state index >= 15 is 0 Å². The van der Waals surface area contributed by atoms with Gasteiger partial charge in [-0.25, -0.2) is 8.88 Å². The van der Waals surface area contributed by atoms with Crippen molar-refractivity contribution in [3.8, 4) is 0 Å². The topological polar surface area (TPSA) is 104 Å². The second-order valence-corrected chi connectivity index (χ2v) is 6.58. The molecule has 0 saturated carbocycles. The maximum absolute atomic E-state index is 11.3. The molecule has 0 spiro atoms. The van der Waals surface area contributed by atoms with Crippen molar-refractivity contribution >= 4 is 15.4 Å². The zero-order chi connectivity index (χ0) is 12.4. The van der Waals surface area contributed by atoms with Gasteiger partial charge in [0.05, 0.1) is 6.16 Å². The second-order valence-electron chi connectivity index (χ2n) is 3.35. The molecule has 0 amide bonds. The summed E-state index contributed by atoms with van der Waals surface area (Å²) in [7, 11) is -9.26. The molecule has 1 aromatic rings. The van der Waals surface area contributed by atoms with Crippen molar-refractivity contribution in [3.05, 3.63) is 35.4 Å². The fourth-order valence-electron chi connectivity index (χ4n) is 1.12. The molecule has 1 rings (SSSR count). The zero-order valence-corrected chi connectivity index (χ0v) is 10.3. The average Bonchev–Trinajstić information content (AvgIpc) is 2.04. The molecule has 3 N–H and O–H groups in total. The van der Waals surface area contributed by atoms with Crippen LogP contribution in [-0.2, 0) is 19.6 Å². The third-order valence-electron chi connectivity index (χ3n) is 1.74. The van der Waals surface area contributed by atoms with Crippen molar-refractivity contribution in [3.63, 3.8) is 0 Å². The molecule has 0 heterocycles. The standard InChI is InChI=1S/C8H12O6P2/c1-7-2-4-8(5-3-7)6-15(9,10)14-16(11,12)13/h2-5H,6H2,1H3,(H,9,10)(H2,11,12,13). The Bertz CT molecular complexity index is 448. The molecule has 90 valence electrons. The number of aryl methyl sites for hydroxylation is 1. The van der Waals surface area contributed by atoms with E-state index in [-0.39, 0.29) is 0 Å². The summed E-state index contributed by atoms with van der Waals surface area (Å²) in [6.07, 6.45) is -0.432. The van der Waals surface area contributed by atoms with Crippen molar-refractivity contribution in [1.29, 1.82) is 0 Å². The predicted octanol–water partition coefficient (Wildman–Crippen LogP) is 1.79. The first-order chi connectivity index (χ1) is 7.18. The summed E-state index contributed by atoms with van der Waals surface area (Å²) >= 11 is 0. The van der Waals surface area contributed by atoms with Crippen LogP contribution < -0.4 is 0 Å². The first kappa shape index (κ1) is 13.6. The van der Waals surface area contributed by atoms with Crippen LogP contribution in [0, 0.1) is 6.92 Å². The lowest BCUT2D eigenvalue weighted by Crippen LogP contribution is -1.92. The number of hydrogen-bond acceptors (Lipinski definition) is 3. The van der Waals surface area contributed by atoms with Gasteiger partial charge in [0, 0.05) is 0 Å². The molecule has 0 aliphatic rings. The summed E-state index contributed by atoms with van der Waals surface area (Å²) in [5.74, 6) is 0. The predicted molar refractivity (Wildman–Crippen MR) is 57.8 cm³/mol. The van der Waals surface area contributed by atoms with E-state index in [4.69, 9.17) is 9.79 Å². The Kier molecular flexibility index (Phi) is 4.07. The molecule has 8 heteroatoms. The van der Waals surface area contributed by atoms with Crippen LogP contribution in [0.3, 0.4) is 0 Å². The molecule has 0 aliphatic carbocycles. The van der Waals surface area contributed by atoms with E-state index in [0.29, 0.717) is 5.56 Å². The monoisotopic (exact) mass is 266 g/mol. The van der Waals surface area contributed by atoms with Gasteiger partial charge in [-0.3, -0.25) is 4.57 Å². The molecule has 0 saturated heterocycles. The molecular formula is C8H12O6P2. The molecule has 6 nitrogen and oxygen atoms in total. The van der Waals surface area contributed by atoms with E-state index in [1.807, 2.05) is 6.92 Å². The molecule has 0 fully saturated rings. The van der Waals surface area contributed by atoms with Crippen LogP contribution in [0.4, 0.5) is 0 Å². The molecular weight excluding hydrogens is 254 g/mol. The highest BCUT2D eigenvalue weighted by atomic mass is 31.3. The van der Waals surface area contributed by atoms with Gasteiger partial charge in [-0.2, -0.15) is 0 Å². The van der Waals surface area contributed by atoms with Gasteiger partial charge < -0.3 is 14.7 Å². The van der Waals surface area contributed by atoms with Crippen LogP contribution in [0.5, 0.6) is 0 Å². The highest BCUT2D eigenvalue weighted by Crippen LogP contribution is 2.58. The summed E-state index contributed by atoms with van der Waals surface area (Å²) in [5.41, 5.74) is 1.46. The van der Waals surface area contributed by atoms with Crippen molar-refractivity contribution < 1.29 is 28.1 Å². The Morgan fingerprint density at radius 1 is 1.12 bits per heavy atom. The minimum atomic E-state index is -4.95. The summed E-state index contributed by atoms with van der Waals surface area (Å²) in [6, 6.07) is 6.65.